The molecule has 29 heavy (non-hydrogen) atoms. The van der Waals surface area contributed by atoms with Crippen molar-refractivity contribution in [3.8, 4) is 5.75 Å². The Balaban J connectivity index is 1.70. The molecule has 1 N–H and O–H groups in total. The first kappa shape index (κ1) is 20.1. The van der Waals surface area contributed by atoms with E-state index in [4.69, 9.17) is 9.84 Å². The third-order valence-electron chi connectivity index (χ3n) is 4.47. The fraction of sp³-hybridized carbons (Fsp3) is 0.167. The molecule has 1 heterocycles. The second-order valence-corrected chi connectivity index (χ2v) is 6.82. The van der Waals surface area contributed by atoms with Gasteiger partial charge in [-0.15, -0.1) is 0 Å². The predicted molar refractivity (Wildman–Crippen MR) is 112 cm³/mol. The molecule has 1 aromatic heterocycles. The summed E-state index contributed by atoms with van der Waals surface area (Å²) in [6.45, 7) is 3.99. The van der Waals surface area contributed by atoms with Crippen molar-refractivity contribution in [2.75, 3.05) is 0 Å². The molecule has 2 aromatic carbocycles. The number of carbonyl (C=O) groups is 2. The molecule has 0 bridgehead atoms. The van der Waals surface area contributed by atoms with Gasteiger partial charge in [0, 0.05) is 18.3 Å². The number of carboxylic acids is 1. The van der Waals surface area contributed by atoms with Gasteiger partial charge in [-0.3, -0.25) is 4.79 Å². The zero-order chi connectivity index (χ0) is 20.8. The second-order valence-electron chi connectivity index (χ2n) is 6.82. The van der Waals surface area contributed by atoms with Gasteiger partial charge in [-0.1, -0.05) is 48.0 Å². The number of nitrogens with zero attached hydrogens (tertiary/aromatic N) is 1. The number of carbonyl (C=O) groups excluding carboxylic acids is 1. The first-order valence-electron chi connectivity index (χ1n) is 9.36. The molecule has 1 unspecified atom stereocenters. The topological polar surface area (TPSA) is 68.5 Å². The maximum atomic E-state index is 12.8. The van der Waals surface area contributed by atoms with Crippen LogP contribution in [0.15, 0.2) is 72.9 Å². The number of aryl methyl sites for hydroxylation is 1. The molecule has 0 aliphatic carbocycles. The quantitative estimate of drug-likeness (QED) is 0.572. The standard InChI is InChI=1S/C24H23NO4/c1-17-7-3-10-20(15-17)23(26)22-12-6-14-25(22)13-5-9-19-8-4-11-21(16-19)29-18(2)24(27)28/h3-12,14-16,18H,13H2,1-2H3,(H,27,28). The largest absolute Gasteiger partial charge is 0.479 e. The van der Waals surface area contributed by atoms with E-state index in [0.29, 0.717) is 23.6 Å². The van der Waals surface area contributed by atoms with Crippen molar-refractivity contribution in [3.63, 3.8) is 0 Å². The van der Waals surface area contributed by atoms with Crippen LogP contribution in [0.2, 0.25) is 0 Å². The minimum atomic E-state index is -1.01. The maximum absolute atomic E-state index is 12.8. The molecule has 3 rings (SSSR count). The highest BCUT2D eigenvalue weighted by Crippen LogP contribution is 2.17. The van der Waals surface area contributed by atoms with Gasteiger partial charge in [0.05, 0.1) is 5.69 Å². The Hall–Kier alpha value is -3.60. The lowest BCUT2D eigenvalue weighted by Crippen LogP contribution is -2.22. The van der Waals surface area contributed by atoms with Crippen molar-refractivity contribution < 1.29 is 19.4 Å². The van der Waals surface area contributed by atoms with Gasteiger partial charge in [0.1, 0.15) is 5.75 Å². The van der Waals surface area contributed by atoms with Crippen LogP contribution >= 0.6 is 0 Å². The molecule has 0 saturated heterocycles. The van der Waals surface area contributed by atoms with Gasteiger partial charge in [-0.05, 0) is 49.7 Å². The lowest BCUT2D eigenvalue weighted by atomic mass is 10.1. The number of hydrogen-bond acceptors (Lipinski definition) is 3. The maximum Gasteiger partial charge on any atom is 0.344 e. The number of ketones is 1. The van der Waals surface area contributed by atoms with E-state index >= 15 is 0 Å². The lowest BCUT2D eigenvalue weighted by molar-refractivity contribution is -0.144. The molecular formula is C24H23NO4. The lowest BCUT2D eigenvalue weighted by Gasteiger charge is -2.10. The van der Waals surface area contributed by atoms with Gasteiger partial charge in [0.2, 0.25) is 5.78 Å². The summed E-state index contributed by atoms with van der Waals surface area (Å²) in [4.78, 5) is 23.7. The molecule has 0 spiro atoms. The van der Waals surface area contributed by atoms with Crippen molar-refractivity contribution in [3.05, 3.63) is 95.3 Å². The Morgan fingerprint density at radius 3 is 2.66 bits per heavy atom. The van der Waals surface area contributed by atoms with Crippen LogP contribution in [-0.2, 0) is 11.3 Å². The molecule has 0 fully saturated rings. The summed E-state index contributed by atoms with van der Waals surface area (Å²) in [5.74, 6) is -0.521. The molecule has 0 saturated carbocycles. The summed E-state index contributed by atoms with van der Waals surface area (Å²) in [5.41, 5.74) is 3.24. The zero-order valence-electron chi connectivity index (χ0n) is 16.4. The van der Waals surface area contributed by atoms with Gasteiger partial charge in [0.25, 0.3) is 0 Å². The minimum Gasteiger partial charge on any atom is -0.479 e. The summed E-state index contributed by atoms with van der Waals surface area (Å²) in [7, 11) is 0. The first-order valence-corrected chi connectivity index (χ1v) is 9.36. The van der Waals surface area contributed by atoms with E-state index in [-0.39, 0.29) is 5.78 Å². The van der Waals surface area contributed by atoms with Crippen molar-refractivity contribution >= 4 is 17.8 Å². The number of benzene rings is 2. The molecule has 0 radical (unpaired) electrons. The third kappa shape index (κ3) is 5.23. The Morgan fingerprint density at radius 2 is 1.90 bits per heavy atom. The van der Waals surface area contributed by atoms with Gasteiger partial charge in [-0.25, -0.2) is 4.79 Å². The summed E-state index contributed by atoms with van der Waals surface area (Å²) in [6.07, 6.45) is 4.83. The molecule has 3 aromatic rings. The average Bonchev–Trinajstić information content (AvgIpc) is 3.16. The number of rotatable bonds is 8. The molecule has 0 amide bonds. The summed E-state index contributed by atoms with van der Waals surface area (Å²) < 4.78 is 7.29. The third-order valence-corrected chi connectivity index (χ3v) is 4.47. The Kier molecular flexibility index (Phi) is 6.29. The predicted octanol–water partition coefficient (Wildman–Crippen LogP) is 4.59. The molecule has 0 aliphatic rings. The van der Waals surface area contributed by atoms with Gasteiger partial charge >= 0.3 is 5.97 Å². The van der Waals surface area contributed by atoms with Crippen LogP contribution in [0.5, 0.6) is 5.75 Å². The fourth-order valence-electron chi connectivity index (χ4n) is 2.96. The smallest absolute Gasteiger partial charge is 0.344 e. The number of aromatic nitrogens is 1. The van der Waals surface area contributed by atoms with E-state index < -0.39 is 12.1 Å². The highest BCUT2D eigenvalue weighted by Gasteiger charge is 2.13. The van der Waals surface area contributed by atoms with Gasteiger partial charge < -0.3 is 14.4 Å². The monoisotopic (exact) mass is 389 g/mol. The van der Waals surface area contributed by atoms with E-state index in [2.05, 4.69) is 0 Å². The Bertz CT molecular complexity index is 1050. The Labute approximate surface area is 169 Å². The molecular weight excluding hydrogens is 366 g/mol. The number of aliphatic carboxylic acids is 1. The number of ether oxygens (including phenoxy) is 1. The van der Waals surface area contributed by atoms with Crippen LogP contribution in [0.1, 0.15) is 34.1 Å². The van der Waals surface area contributed by atoms with E-state index in [1.807, 2.05) is 78.4 Å². The summed E-state index contributed by atoms with van der Waals surface area (Å²) in [6, 6.07) is 18.5. The van der Waals surface area contributed by atoms with Crippen molar-refractivity contribution in [1.82, 2.24) is 4.57 Å². The molecule has 5 nitrogen and oxygen atoms in total. The van der Waals surface area contributed by atoms with E-state index in [9.17, 15) is 9.59 Å². The van der Waals surface area contributed by atoms with Crippen molar-refractivity contribution in [2.24, 2.45) is 0 Å². The number of hydrogen-bond donors (Lipinski definition) is 1. The van der Waals surface area contributed by atoms with E-state index in [0.717, 1.165) is 11.1 Å². The van der Waals surface area contributed by atoms with E-state index in [1.54, 1.807) is 12.1 Å². The first-order chi connectivity index (χ1) is 13.9. The average molecular weight is 389 g/mol. The van der Waals surface area contributed by atoms with Crippen LogP contribution in [0.25, 0.3) is 6.08 Å². The fourth-order valence-corrected chi connectivity index (χ4v) is 2.96. The summed E-state index contributed by atoms with van der Waals surface area (Å²) in [5, 5.41) is 8.96. The zero-order valence-corrected chi connectivity index (χ0v) is 16.4. The van der Waals surface area contributed by atoms with Gasteiger partial charge in [0.15, 0.2) is 6.10 Å². The van der Waals surface area contributed by atoms with Crippen LogP contribution < -0.4 is 4.74 Å². The van der Waals surface area contributed by atoms with Crippen LogP contribution in [-0.4, -0.2) is 27.5 Å². The molecule has 1 atom stereocenters. The molecule has 148 valence electrons. The normalized spacial score (nSPS) is 12.1. The SMILES string of the molecule is Cc1cccc(C(=O)c2cccn2CC=Cc2cccc(OC(C)C(=O)O)c2)c1. The number of allylic oxidation sites excluding steroid dienone is 1. The van der Waals surface area contributed by atoms with Crippen LogP contribution in [0.3, 0.4) is 0 Å². The molecule has 5 heteroatoms. The van der Waals surface area contributed by atoms with Gasteiger partial charge in [-0.2, -0.15) is 0 Å². The van der Waals surface area contributed by atoms with Crippen molar-refractivity contribution in [1.29, 1.82) is 0 Å². The number of carboxylic acid groups (broad SMARTS) is 1. The van der Waals surface area contributed by atoms with Crippen molar-refractivity contribution in [2.45, 2.75) is 26.5 Å². The minimum absolute atomic E-state index is 0.00912. The summed E-state index contributed by atoms with van der Waals surface area (Å²) >= 11 is 0. The van der Waals surface area contributed by atoms with Crippen LogP contribution in [0.4, 0.5) is 0 Å². The highest BCUT2D eigenvalue weighted by molar-refractivity contribution is 6.08. The molecule has 0 aliphatic heterocycles. The Morgan fingerprint density at radius 1 is 1.10 bits per heavy atom. The highest BCUT2D eigenvalue weighted by atomic mass is 16.5. The van der Waals surface area contributed by atoms with Crippen LogP contribution in [0, 0.1) is 6.92 Å². The van der Waals surface area contributed by atoms with E-state index in [1.165, 1.54) is 6.92 Å². The second kappa shape index (κ2) is 9.06.